The first-order valence-electron chi connectivity index (χ1n) is 4.04. The lowest BCUT2D eigenvalue weighted by Crippen LogP contribution is -2.24. The Morgan fingerprint density at radius 3 is 2.25 bits per heavy atom. The van der Waals surface area contributed by atoms with E-state index in [1.807, 2.05) is 21.6 Å². The van der Waals surface area contributed by atoms with E-state index in [0.717, 1.165) is 0 Å². The molecule has 1 unspecified atom stereocenters. The molecule has 1 saturated heterocycles. The topological polar surface area (TPSA) is 9.23 Å². The van der Waals surface area contributed by atoms with Crippen molar-refractivity contribution >= 4 is 21.6 Å². The SMILES string of the molecule is COC1SSC(=C(C)C)C1(C)C. The van der Waals surface area contributed by atoms with Gasteiger partial charge in [-0.1, -0.05) is 41.0 Å². The molecule has 3 heteroatoms. The molecule has 0 N–H and O–H groups in total. The van der Waals surface area contributed by atoms with Crippen LogP contribution in [-0.4, -0.2) is 12.5 Å². The smallest absolute Gasteiger partial charge is 0.122 e. The monoisotopic (exact) mass is 204 g/mol. The lowest BCUT2D eigenvalue weighted by molar-refractivity contribution is 0.103. The van der Waals surface area contributed by atoms with Crippen LogP contribution in [0.3, 0.4) is 0 Å². The summed E-state index contributed by atoms with van der Waals surface area (Å²) in [5, 5.41) is 0. The molecule has 0 radical (unpaired) electrons. The van der Waals surface area contributed by atoms with Gasteiger partial charge in [-0.05, 0) is 13.8 Å². The largest absolute Gasteiger partial charge is 0.369 e. The fourth-order valence-electron chi connectivity index (χ4n) is 1.49. The van der Waals surface area contributed by atoms with Crippen LogP contribution in [0.25, 0.3) is 0 Å². The second-order valence-electron chi connectivity index (χ2n) is 3.80. The van der Waals surface area contributed by atoms with E-state index in [-0.39, 0.29) is 5.41 Å². The second kappa shape index (κ2) is 3.64. The molecule has 0 spiro atoms. The lowest BCUT2D eigenvalue weighted by Gasteiger charge is -2.25. The third kappa shape index (κ3) is 1.68. The van der Waals surface area contributed by atoms with Crippen LogP contribution in [0.5, 0.6) is 0 Å². The number of rotatable bonds is 1. The number of hydrogen-bond acceptors (Lipinski definition) is 3. The molecule has 1 aliphatic heterocycles. The molecule has 12 heavy (non-hydrogen) atoms. The van der Waals surface area contributed by atoms with Crippen LogP contribution in [0.4, 0.5) is 0 Å². The van der Waals surface area contributed by atoms with Gasteiger partial charge in [0.1, 0.15) is 5.44 Å². The molecule has 0 saturated carbocycles. The van der Waals surface area contributed by atoms with Gasteiger partial charge in [-0.25, -0.2) is 0 Å². The van der Waals surface area contributed by atoms with E-state index < -0.39 is 0 Å². The van der Waals surface area contributed by atoms with Gasteiger partial charge in [0.25, 0.3) is 0 Å². The molecule has 0 aromatic carbocycles. The summed E-state index contributed by atoms with van der Waals surface area (Å²) in [7, 11) is 5.47. The minimum Gasteiger partial charge on any atom is -0.369 e. The third-order valence-corrected chi connectivity index (χ3v) is 5.53. The fourth-order valence-corrected chi connectivity index (χ4v) is 5.32. The van der Waals surface area contributed by atoms with Gasteiger partial charge in [0.2, 0.25) is 0 Å². The van der Waals surface area contributed by atoms with Gasteiger partial charge in [0, 0.05) is 17.4 Å². The van der Waals surface area contributed by atoms with Gasteiger partial charge in [-0.15, -0.1) is 0 Å². The maximum atomic E-state index is 5.41. The predicted octanol–water partition coefficient (Wildman–Crippen LogP) is 3.67. The molecular formula is C9H16OS2. The highest BCUT2D eigenvalue weighted by atomic mass is 33.1. The molecule has 1 rings (SSSR count). The Labute approximate surface area is 82.7 Å². The van der Waals surface area contributed by atoms with Crippen molar-refractivity contribution in [2.24, 2.45) is 5.41 Å². The first-order valence-corrected chi connectivity index (χ1v) is 6.25. The highest BCUT2D eigenvalue weighted by Crippen LogP contribution is 2.58. The summed E-state index contributed by atoms with van der Waals surface area (Å²) >= 11 is 0. The van der Waals surface area contributed by atoms with Crippen molar-refractivity contribution in [3.05, 3.63) is 10.5 Å². The minimum atomic E-state index is 0.183. The summed E-state index contributed by atoms with van der Waals surface area (Å²) in [4.78, 5) is 1.47. The molecule has 0 aliphatic carbocycles. The summed E-state index contributed by atoms with van der Waals surface area (Å²) in [5.41, 5.74) is 1.90. The van der Waals surface area contributed by atoms with Gasteiger partial charge in [0.05, 0.1) is 0 Å². The van der Waals surface area contributed by atoms with Crippen molar-refractivity contribution in [3.8, 4) is 0 Å². The van der Waals surface area contributed by atoms with E-state index in [9.17, 15) is 0 Å². The van der Waals surface area contributed by atoms with Crippen LogP contribution in [0.1, 0.15) is 27.7 Å². The van der Waals surface area contributed by atoms with Crippen molar-refractivity contribution in [2.75, 3.05) is 7.11 Å². The van der Waals surface area contributed by atoms with Crippen LogP contribution in [0.2, 0.25) is 0 Å². The second-order valence-corrected chi connectivity index (χ2v) is 6.07. The highest BCUT2D eigenvalue weighted by molar-refractivity contribution is 8.78. The van der Waals surface area contributed by atoms with Crippen molar-refractivity contribution < 1.29 is 4.74 Å². The zero-order valence-electron chi connectivity index (χ0n) is 8.30. The molecule has 0 aromatic heterocycles. The molecule has 0 aromatic rings. The normalized spacial score (nSPS) is 27.8. The van der Waals surface area contributed by atoms with Crippen molar-refractivity contribution in [2.45, 2.75) is 33.1 Å². The average molecular weight is 204 g/mol. The van der Waals surface area contributed by atoms with Crippen molar-refractivity contribution in [1.29, 1.82) is 0 Å². The van der Waals surface area contributed by atoms with Gasteiger partial charge < -0.3 is 4.74 Å². The average Bonchev–Trinajstić information content (AvgIpc) is 2.24. The molecule has 0 amide bonds. The Morgan fingerprint density at radius 2 is 2.00 bits per heavy atom. The molecule has 1 fully saturated rings. The van der Waals surface area contributed by atoms with Crippen LogP contribution >= 0.6 is 21.6 Å². The van der Waals surface area contributed by atoms with E-state index in [1.165, 1.54) is 10.5 Å². The standard InChI is InChI=1S/C9H16OS2/c1-6(2)7-9(3,4)8(10-5)12-11-7/h8H,1-5H3. The molecule has 1 atom stereocenters. The Hall–Kier alpha value is 0.400. The van der Waals surface area contributed by atoms with Gasteiger partial charge in [-0.2, -0.15) is 0 Å². The van der Waals surface area contributed by atoms with E-state index in [2.05, 4.69) is 27.7 Å². The quantitative estimate of drug-likeness (QED) is 0.603. The summed E-state index contributed by atoms with van der Waals surface area (Å²) < 4.78 is 5.41. The Bertz CT molecular complexity index is 205. The Balaban J connectivity index is 2.93. The molecule has 1 nitrogen and oxygen atoms in total. The lowest BCUT2D eigenvalue weighted by atomic mass is 9.91. The minimum absolute atomic E-state index is 0.183. The number of methoxy groups -OCH3 is 1. The summed E-state index contributed by atoms with van der Waals surface area (Å²) in [6.45, 7) is 8.83. The Morgan fingerprint density at radius 1 is 1.42 bits per heavy atom. The summed E-state index contributed by atoms with van der Waals surface area (Å²) in [5.74, 6) is 0. The molecule has 0 bridgehead atoms. The molecule has 70 valence electrons. The van der Waals surface area contributed by atoms with Crippen molar-refractivity contribution in [1.82, 2.24) is 0 Å². The van der Waals surface area contributed by atoms with E-state index >= 15 is 0 Å². The van der Waals surface area contributed by atoms with Crippen molar-refractivity contribution in [3.63, 3.8) is 0 Å². The van der Waals surface area contributed by atoms with Gasteiger partial charge in [-0.3, -0.25) is 0 Å². The molecule has 1 aliphatic rings. The number of hydrogen-bond donors (Lipinski definition) is 0. The first-order chi connectivity index (χ1) is 5.50. The summed E-state index contributed by atoms with van der Waals surface area (Å²) in [6.07, 6.45) is 0. The highest BCUT2D eigenvalue weighted by Gasteiger charge is 2.41. The van der Waals surface area contributed by atoms with E-state index in [4.69, 9.17) is 4.74 Å². The first kappa shape index (κ1) is 10.5. The van der Waals surface area contributed by atoms with Crippen LogP contribution in [0.15, 0.2) is 10.5 Å². The zero-order valence-corrected chi connectivity index (χ0v) is 9.94. The van der Waals surface area contributed by atoms with Gasteiger partial charge in [0.15, 0.2) is 0 Å². The molecule has 1 heterocycles. The predicted molar refractivity (Wildman–Crippen MR) is 58.1 cm³/mol. The zero-order chi connectivity index (χ0) is 9.35. The fraction of sp³-hybridized carbons (Fsp3) is 0.778. The van der Waals surface area contributed by atoms with E-state index in [1.54, 1.807) is 7.11 Å². The van der Waals surface area contributed by atoms with E-state index in [0.29, 0.717) is 5.44 Å². The third-order valence-electron chi connectivity index (χ3n) is 2.06. The van der Waals surface area contributed by atoms with Crippen LogP contribution in [0, 0.1) is 5.41 Å². The number of ether oxygens (including phenoxy) is 1. The van der Waals surface area contributed by atoms with Crippen LogP contribution < -0.4 is 0 Å². The van der Waals surface area contributed by atoms with Crippen LogP contribution in [-0.2, 0) is 4.74 Å². The Kier molecular flexibility index (Phi) is 3.18. The van der Waals surface area contributed by atoms with Gasteiger partial charge >= 0.3 is 0 Å². The maximum Gasteiger partial charge on any atom is 0.122 e. The molecular weight excluding hydrogens is 188 g/mol. The maximum absolute atomic E-state index is 5.41. The number of allylic oxidation sites excluding steroid dienone is 1. The summed E-state index contributed by atoms with van der Waals surface area (Å²) in [6, 6.07) is 0.